The van der Waals surface area contributed by atoms with Gasteiger partial charge in [-0.15, -0.1) is 0 Å². The van der Waals surface area contributed by atoms with Gasteiger partial charge in [-0.3, -0.25) is 4.79 Å². The van der Waals surface area contributed by atoms with Crippen LogP contribution in [0, 0.1) is 6.92 Å². The predicted molar refractivity (Wildman–Crippen MR) is 132 cm³/mol. The smallest absolute Gasteiger partial charge is 0.228 e. The fraction of sp³-hybridized carbons (Fsp3) is 0.222. The van der Waals surface area contributed by atoms with Gasteiger partial charge < -0.3 is 19.7 Å². The van der Waals surface area contributed by atoms with Gasteiger partial charge in [-0.1, -0.05) is 18.2 Å². The molecule has 6 rings (SSSR count). The molecule has 0 fully saturated rings. The Hall–Kier alpha value is -4.13. The zero-order valence-corrected chi connectivity index (χ0v) is 19.1. The summed E-state index contributed by atoms with van der Waals surface area (Å²) in [5.41, 5.74) is 6.05. The maximum absolute atomic E-state index is 11.8. The Morgan fingerprint density at radius 1 is 1.00 bits per heavy atom. The number of hydrogen-bond acceptors (Lipinski definition) is 6. The van der Waals surface area contributed by atoms with Crippen molar-refractivity contribution in [2.75, 3.05) is 30.5 Å². The van der Waals surface area contributed by atoms with Gasteiger partial charge in [-0.2, -0.15) is 0 Å². The highest BCUT2D eigenvalue weighted by Gasteiger charge is 2.21. The molecule has 1 amide bonds. The number of ether oxygens (including phenoxy) is 2. The molecule has 0 aliphatic carbocycles. The fourth-order valence-electron chi connectivity index (χ4n) is 4.72. The van der Waals surface area contributed by atoms with Gasteiger partial charge in [-0.05, 0) is 53.9 Å². The van der Waals surface area contributed by atoms with Crippen LogP contribution in [0.2, 0.25) is 0 Å². The molecule has 1 N–H and O–H groups in total. The van der Waals surface area contributed by atoms with Gasteiger partial charge in [0.05, 0.1) is 25.6 Å². The molecule has 0 radical (unpaired) electrons. The third-order valence-electron chi connectivity index (χ3n) is 6.40. The van der Waals surface area contributed by atoms with Crippen molar-refractivity contribution in [3.8, 4) is 22.6 Å². The monoisotopic (exact) mass is 452 g/mol. The zero-order valence-electron chi connectivity index (χ0n) is 19.1. The minimum Gasteiger partial charge on any atom is -0.497 e. The van der Waals surface area contributed by atoms with E-state index < -0.39 is 0 Å². The Bertz CT molecular complexity index is 1450. The number of fused-ring (bicyclic) bond motifs is 3. The van der Waals surface area contributed by atoms with E-state index in [1.807, 2.05) is 43.3 Å². The van der Waals surface area contributed by atoms with Gasteiger partial charge >= 0.3 is 0 Å². The summed E-state index contributed by atoms with van der Waals surface area (Å²) in [5.74, 6) is 3.32. The first-order valence-corrected chi connectivity index (χ1v) is 11.3. The molecule has 0 saturated carbocycles. The SMILES string of the molecule is COc1ccc2c(N3CCOc4ccc(-c5ccc6c(c5)NC(=O)C6)cc4C3)nc(C)nc2c1. The molecule has 4 aromatic rings. The quantitative estimate of drug-likeness (QED) is 0.493. The Kier molecular flexibility index (Phi) is 4.83. The normalized spacial score (nSPS) is 14.8. The first-order valence-electron chi connectivity index (χ1n) is 11.3. The van der Waals surface area contributed by atoms with Crippen molar-refractivity contribution in [1.82, 2.24) is 9.97 Å². The molecule has 0 spiro atoms. The number of nitrogens with one attached hydrogen (secondary N) is 1. The largest absolute Gasteiger partial charge is 0.497 e. The summed E-state index contributed by atoms with van der Waals surface area (Å²) in [7, 11) is 1.66. The number of aryl methyl sites for hydroxylation is 1. The van der Waals surface area contributed by atoms with Crippen molar-refractivity contribution in [3.63, 3.8) is 0 Å². The van der Waals surface area contributed by atoms with E-state index in [4.69, 9.17) is 14.5 Å². The van der Waals surface area contributed by atoms with Crippen molar-refractivity contribution < 1.29 is 14.3 Å². The number of carbonyl (C=O) groups is 1. The van der Waals surface area contributed by atoms with Crippen molar-refractivity contribution in [2.24, 2.45) is 0 Å². The number of amides is 1. The molecular weight excluding hydrogens is 428 g/mol. The number of aromatic nitrogens is 2. The lowest BCUT2D eigenvalue weighted by molar-refractivity contribution is -0.115. The lowest BCUT2D eigenvalue weighted by atomic mass is 10.00. The van der Waals surface area contributed by atoms with Crippen LogP contribution in [-0.4, -0.2) is 36.1 Å². The van der Waals surface area contributed by atoms with E-state index in [9.17, 15) is 4.79 Å². The first kappa shape index (κ1) is 20.5. The zero-order chi connectivity index (χ0) is 23.2. The summed E-state index contributed by atoms with van der Waals surface area (Å²) in [5, 5.41) is 3.93. The van der Waals surface area contributed by atoms with Crippen LogP contribution in [0.4, 0.5) is 11.5 Å². The molecule has 2 aliphatic heterocycles. The van der Waals surface area contributed by atoms with Gasteiger partial charge in [0.2, 0.25) is 5.91 Å². The van der Waals surface area contributed by atoms with Gasteiger partial charge in [0, 0.05) is 29.2 Å². The molecule has 7 nitrogen and oxygen atoms in total. The highest BCUT2D eigenvalue weighted by atomic mass is 16.5. The van der Waals surface area contributed by atoms with E-state index >= 15 is 0 Å². The molecule has 0 unspecified atom stereocenters. The minimum atomic E-state index is 0.0445. The lowest BCUT2D eigenvalue weighted by Crippen LogP contribution is -2.26. The molecule has 3 heterocycles. The van der Waals surface area contributed by atoms with Crippen LogP contribution in [-0.2, 0) is 17.8 Å². The number of methoxy groups -OCH3 is 1. The summed E-state index contributed by atoms with van der Waals surface area (Å²) in [6.45, 7) is 3.86. The maximum Gasteiger partial charge on any atom is 0.228 e. The van der Waals surface area contributed by atoms with Gasteiger partial charge in [-0.25, -0.2) is 9.97 Å². The Labute approximate surface area is 197 Å². The number of nitrogens with zero attached hydrogens (tertiary/aromatic N) is 3. The van der Waals surface area contributed by atoms with Crippen LogP contribution >= 0.6 is 0 Å². The third-order valence-corrected chi connectivity index (χ3v) is 6.40. The number of carbonyl (C=O) groups excluding carboxylic acids is 1. The molecule has 1 aromatic heterocycles. The molecule has 170 valence electrons. The topological polar surface area (TPSA) is 76.6 Å². The van der Waals surface area contributed by atoms with Crippen LogP contribution in [0.5, 0.6) is 11.5 Å². The second-order valence-corrected chi connectivity index (χ2v) is 8.67. The summed E-state index contributed by atoms with van der Waals surface area (Å²) in [4.78, 5) is 23.4. The van der Waals surface area contributed by atoms with Crippen molar-refractivity contribution in [1.29, 1.82) is 0 Å². The van der Waals surface area contributed by atoms with Crippen molar-refractivity contribution in [3.05, 3.63) is 71.5 Å². The highest BCUT2D eigenvalue weighted by Crippen LogP contribution is 2.35. The number of anilines is 2. The van der Waals surface area contributed by atoms with Crippen LogP contribution in [0.15, 0.2) is 54.6 Å². The Morgan fingerprint density at radius 3 is 2.74 bits per heavy atom. The van der Waals surface area contributed by atoms with Crippen LogP contribution in [0.3, 0.4) is 0 Å². The summed E-state index contributed by atoms with van der Waals surface area (Å²) in [6.07, 6.45) is 0.445. The number of benzene rings is 3. The van der Waals surface area contributed by atoms with Gasteiger partial charge in [0.15, 0.2) is 0 Å². The molecule has 2 aliphatic rings. The van der Waals surface area contributed by atoms with Gasteiger partial charge in [0.1, 0.15) is 29.7 Å². The van der Waals surface area contributed by atoms with Crippen LogP contribution in [0.1, 0.15) is 17.0 Å². The fourth-order valence-corrected chi connectivity index (χ4v) is 4.72. The molecule has 3 aromatic carbocycles. The van der Waals surface area contributed by atoms with Gasteiger partial charge in [0.25, 0.3) is 0 Å². The standard InChI is InChI=1S/C27H24N4O3/c1-16-28-24-14-21(33-2)6-7-22(24)27(29-16)31-9-10-34-25-8-5-17(11-20(25)15-31)18-3-4-19-13-26(32)30-23(19)12-18/h3-8,11-12,14H,9-10,13,15H2,1-2H3,(H,30,32). The van der Waals surface area contributed by atoms with E-state index in [2.05, 4.69) is 33.4 Å². The van der Waals surface area contributed by atoms with E-state index in [-0.39, 0.29) is 5.91 Å². The third kappa shape index (κ3) is 3.59. The van der Waals surface area contributed by atoms with E-state index in [1.165, 1.54) is 0 Å². The van der Waals surface area contributed by atoms with Crippen LogP contribution in [0.25, 0.3) is 22.0 Å². The lowest BCUT2D eigenvalue weighted by Gasteiger charge is -2.23. The summed E-state index contributed by atoms with van der Waals surface area (Å²) in [6, 6.07) is 18.3. The highest BCUT2D eigenvalue weighted by molar-refractivity contribution is 6.00. The molecule has 0 atom stereocenters. The minimum absolute atomic E-state index is 0.0445. The summed E-state index contributed by atoms with van der Waals surface area (Å²) < 4.78 is 11.5. The number of hydrogen-bond donors (Lipinski definition) is 1. The molecular formula is C27H24N4O3. The average molecular weight is 453 g/mol. The molecule has 0 bridgehead atoms. The maximum atomic E-state index is 11.8. The van der Waals surface area contributed by atoms with E-state index in [1.54, 1.807) is 7.11 Å². The molecule has 34 heavy (non-hydrogen) atoms. The van der Waals surface area contributed by atoms with Crippen molar-refractivity contribution >= 4 is 28.3 Å². The average Bonchev–Trinajstić information content (AvgIpc) is 3.08. The van der Waals surface area contributed by atoms with E-state index in [0.29, 0.717) is 26.1 Å². The number of rotatable bonds is 3. The van der Waals surface area contributed by atoms with E-state index in [0.717, 1.165) is 62.0 Å². The van der Waals surface area contributed by atoms with Crippen molar-refractivity contribution in [2.45, 2.75) is 19.9 Å². The molecule has 7 heteroatoms. The predicted octanol–water partition coefficient (Wildman–Crippen LogP) is 4.51. The van der Waals surface area contributed by atoms with Crippen LogP contribution < -0.4 is 19.7 Å². The Morgan fingerprint density at radius 2 is 1.85 bits per heavy atom. The second-order valence-electron chi connectivity index (χ2n) is 8.67. The first-order chi connectivity index (χ1) is 16.6. The second kappa shape index (κ2) is 8.02. The Balaban J connectivity index is 1.38. The summed E-state index contributed by atoms with van der Waals surface area (Å²) >= 11 is 0. The molecule has 0 saturated heterocycles.